The Morgan fingerprint density at radius 2 is 1.83 bits per heavy atom. The zero-order valence-electron chi connectivity index (χ0n) is 11.5. The van der Waals surface area contributed by atoms with Gasteiger partial charge in [-0.15, -0.1) is 0 Å². The average molecular weight is 248 g/mol. The Kier molecular flexibility index (Phi) is 5.86. The van der Waals surface area contributed by atoms with E-state index in [1.165, 1.54) is 5.56 Å². The van der Waals surface area contributed by atoms with Crippen LogP contribution in [0.2, 0.25) is 0 Å². The molecule has 0 fully saturated rings. The van der Waals surface area contributed by atoms with E-state index >= 15 is 0 Å². The van der Waals surface area contributed by atoms with Crippen molar-refractivity contribution in [3.05, 3.63) is 35.9 Å². The summed E-state index contributed by atoms with van der Waals surface area (Å²) < 4.78 is 0. The summed E-state index contributed by atoms with van der Waals surface area (Å²) >= 11 is 0. The fraction of sp³-hybridized carbons (Fsp3) is 0.533. The van der Waals surface area contributed by atoms with Crippen LogP contribution >= 0.6 is 0 Å². The summed E-state index contributed by atoms with van der Waals surface area (Å²) in [6.07, 6.45) is 0.857. The molecule has 3 heteroatoms. The molecule has 1 rings (SSSR count). The Morgan fingerprint density at radius 1 is 1.22 bits per heavy atom. The highest BCUT2D eigenvalue weighted by atomic mass is 16.1. The van der Waals surface area contributed by atoms with Gasteiger partial charge in [0.05, 0.1) is 0 Å². The number of amides is 1. The van der Waals surface area contributed by atoms with Crippen LogP contribution in [0.25, 0.3) is 0 Å². The number of carbonyl (C=O) groups is 1. The van der Waals surface area contributed by atoms with Gasteiger partial charge in [0.2, 0.25) is 5.91 Å². The highest BCUT2D eigenvalue weighted by Crippen LogP contribution is 2.10. The summed E-state index contributed by atoms with van der Waals surface area (Å²) in [5.41, 5.74) is 6.83. The topological polar surface area (TPSA) is 55.1 Å². The van der Waals surface area contributed by atoms with Gasteiger partial charge in [-0.25, -0.2) is 0 Å². The maximum atomic E-state index is 12.0. The Morgan fingerprint density at radius 3 is 2.39 bits per heavy atom. The Labute approximate surface area is 110 Å². The Hall–Kier alpha value is -1.35. The molecule has 0 aromatic heterocycles. The second kappa shape index (κ2) is 7.17. The van der Waals surface area contributed by atoms with Crippen LogP contribution in [0.4, 0.5) is 0 Å². The van der Waals surface area contributed by atoms with Gasteiger partial charge in [-0.2, -0.15) is 0 Å². The maximum Gasteiger partial charge on any atom is 0.223 e. The zero-order chi connectivity index (χ0) is 13.5. The Bertz CT molecular complexity index is 364. The summed E-state index contributed by atoms with van der Waals surface area (Å²) in [6, 6.07) is 10.3. The molecule has 0 saturated carbocycles. The molecule has 0 saturated heterocycles. The minimum absolute atomic E-state index is 0.0341. The maximum absolute atomic E-state index is 12.0. The first-order chi connectivity index (χ1) is 8.54. The van der Waals surface area contributed by atoms with Crippen molar-refractivity contribution in [3.8, 4) is 0 Å². The van der Waals surface area contributed by atoms with E-state index in [9.17, 15) is 4.79 Å². The molecule has 0 radical (unpaired) electrons. The van der Waals surface area contributed by atoms with Gasteiger partial charge in [0.15, 0.2) is 0 Å². The number of hydrogen-bond donors (Lipinski definition) is 2. The summed E-state index contributed by atoms with van der Waals surface area (Å²) in [6.45, 7) is 6.51. The third-order valence-corrected chi connectivity index (χ3v) is 3.41. The molecule has 0 aliphatic heterocycles. The van der Waals surface area contributed by atoms with Crippen molar-refractivity contribution in [1.82, 2.24) is 5.32 Å². The molecule has 3 atom stereocenters. The molecule has 3 nitrogen and oxygen atoms in total. The number of hydrogen-bond acceptors (Lipinski definition) is 2. The molecule has 3 N–H and O–H groups in total. The first kappa shape index (κ1) is 14.7. The summed E-state index contributed by atoms with van der Waals surface area (Å²) in [5, 5.41) is 3.05. The molecule has 3 unspecified atom stereocenters. The zero-order valence-corrected chi connectivity index (χ0v) is 11.5. The average Bonchev–Trinajstić information content (AvgIpc) is 2.37. The lowest BCUT2D eigenvalue weighted by atomic mass is 9.95. The van der Waals surface area contributed by atoms with Crippen molar-refractivity contribution in [2.45, 2.75) is 33.2 Å². The lowest BCUT2D eigenvalue weighted by molar-refractivity contribution is -0.126. The van der Waals surface area contributed by atoms with Crippen LogP contribution in [-0.4, -0.2) is 18.5 Å². The molecule has 0 heterocycles. The molecule has 100 valence electrons. The molecule has 0 aliphatic carbocycles. The number of benzene rings is 1. The van der Waals surface area contributed by atoms with E-state index in [-0.39, 0.29) is 23.8 Å². The van der Waals surface area contributed by atoms with Crippen LogP contribution in [0.5, 0.6) is 0 Å². The third kappa shape index (κ3) is 4.49. The van der Waals surface area contributed by atoms with Gasteiger partial charge in [-0.1, -0.05) is 44.2 Å². The van der Waals surface area contributed by atoms with Gasteiger partial charge in [-0.3, -0.25) is 4.79 Å². The molecule has 1 amide bonds. The molecular formula is C15H24N2O. The SMILES string of the molecule is CC(Cc1ccccc1)NC(=O)C(C)C(C)CN. The molecule has 1 aromatic rings. The Balaban J connectivity index is 2.45. The predicted molar refractivity (Wildman–Crippen MR) is 75.1 cm³/mol. The number of nitrogens with one attached hydrogen (secondary N) is 1. The summed E-state index contributed by atoms with van der Waals surface area (Å²) in [5.74, 6) is 0.276. The molecule has 0 aliphatic rings. The highest BCUT2D eigenvalue weighted by Gasteiger charge is 2.20. The van der Waals surface area contributed by atoms with Gasteiger partial charge >= 0.3 is 0 Å². The van der Waals surface area contributed by atoms with E-state index < -0.39 is 0 Å². The largest absolute Gasteiger partial charge is 0.353 e. The van der Waals surface area contributed by atoms with E-state index in [0.717, 1.165) is 6.42 Å². The minimum Gasteiger partial charge on any atom is -0.353 e. The second-order valence-electron chi connectivity index (χ2n) is 5.10. The normalized spacial score (nSPS) is 15.8. The van der Waals surface area contributed by atoms with Crippen LogP contribution in [0.15, 0.2) is 30.3 Å². The van der Waals surface area contributed by atoms with E-state index in [1.54, 1.807) is 0 Å². The van der Waals surface area contributed by atoms with Gasteiger partial charge in [0.25, 0.3) is 0 Å². The first-order valence-electron chi connectivity index (χ1n) is 6.59. The summed E-state index contributed by atoms with van der Waals surface area (Å²) in [4.78, 5) is 12.0. The number of rotatable bonds is 6. The van der Waals surface area contributed by atoms with E-state index in [4.69, 9.17) is 5.73 Å². The van der Waals surface area contributed by atoms with E-state index in [2.05, 4.69) is 17.4 Å². The van der Waals surface area contributed by atoms with Crippen molar-refractivity contribution in [1.29, 1.82) is 0 Å². The first-order valence-corrected chi connectivity index (χ1v) is 6.59. The van der Waals surface area contributed by atoms with Crippen molar-refractivity contribution in [2.75, 3.05) is 6.54 Å². The van der Waals surface area contributed by atoms with Gasteiger partial charge in [0.1, 0.15) is 0 Å². The molecule has 18 heavy (non-hydrogen) atoms. The lowest BCUT2D eigenvalue weighted by Crippen LogP contribution is -2.40. The fourth-order valence-electron chi connectivity index (χ4n) is 1.86. The molecule has 0 spiro atoms. The molecule has 0 bridgehead atoms. The quantitative estimate of drug-likeness (QED) is 0.808. The van der Waals surface area contributed by atoms with Crippen molar-refractivity contribution in [3.63, 3.8) is 0 Å². The summed E-state index contributed by atoms with van der Waals surface area (Å²) in [7, 11) is 0. The third-order valence-electron chi connectivity index (χ3n) is 3.41. The standard InChI is InChI=1S/C15H24N2O/c1-11(10-16)13(3)15(18)17-12(2)9-14-7-5-4-6-8-14/h4-8,11-13H,9-10,16H2,1-3H3,(H,17,18). The molecular weight excluding hydrogens is 224 g/mol. The number of nitrogens with two attached hydrogens (primary N) is 1. The highest BCUT2D eigenvalue weighted by molar-refractivity contribution is 5.78. The van der Waals surface area contributed by atoms with Crippen LogP contribution < -0.4 is 11.1 Å². The lowest BCUT2D eigenvalue weighted by Gasteiger charge is -2.21. The van der Waals surface area contributed by atoms with Gasteiger partial charge in [-0.05, 0) is 31.4 Å². The van der Waals surface area contributed by atoms with Crippen LogP contribution in [-0.2, 0) is 11.2 Å². The smallest absolute Gasteiger partial charge is 0.223 e. The minimum atomic E-state index is -0.0341. The fourth-order valence-corrected chi connectivity index (χ4v) is 1.86. The van der Waals surface area contributed by atoms with Gasteiger partial charge < -0.3 is 11.1 Å². The van der Waals surface area contributed by atoms with Crippen molar-refractivity contribution >= 4 is 5.91 Å². The van der Waals surface area contributed by atoms with Gasteiger partial charge in [0, 0.05) is 12.0 Å². The van der Waals surface area contributed by atoms with E-state index in [1.807, 2.05) is 39.0 Å². The van der Waals surface area contributed by atoms with Crippen LogP contribution in [0.3, 0.4) is 0 Å². The van der Waals surface area contributed by atoms with E-state index in [0.29, 0.717) is 6.54 Å². The number of carbonyl (C=O) groups excluding carboxylic acids is 1. The molecule has 1 aromatic carbocycles. The van der Waals surface area contributed by atoms with Crippen LogP contribution in [0.1, 0.15) is 26.3 Å². The van der Waals surface area contributed by atoms with Crippen molar-refractivity contribution in [2.24, 2.45) is 17.6 Å². The van der Waals surface area contributed by atoms with Crippen molar-refractivity contribution < 1.29 is 4.79 Å². The monoisotopic (exact) mass is 248 g/mol. The van der Waals surface area contributed by atoms with Crippen LogP contribution in [0, 0.1) is 11.8 Å². The second-order valence-corrected chi connectivity index (χ2v) is 5.10. The predicted octanol–water partition coefficient (Wildman–Crippen LogP) is 1.96.